The van der Waals surface area contributed by atoms with E-state index in [1.165, 1.54) is 23.9 Å². The van der Waals surface area contributed by atoms with Gasteiger partial charge < -0.3 is 9.26 Å². The van der Waals surface area contributed by atoms with Crippen LogP contribution in [0.5, 0.6) is 0 Å². The summed E-state index contributed by atoms with van der Waals surface area (Å²) in [5.74, 6) is 0.860. The molecule has 0 radical (unpaired) electrons. The zero-order valence-corrected chi connectivity index (χ0v) is 15.3. The lowest BCUT2D eigenvalue weighted by Gasteiger charge is -2.09. The smallest absolute Gasteiger partial charge is 0.339 e. The fourth-order valence-corrected chi connectivity index (χ4v) is 3.26. The van der Waals surface area contributed by atoms with Crippen molar-refractivity contribution in [2.24, 2.45) is 0 Å². The summed E-state index contributed by atoms with van der Waals surface area (Å²) in [7, 11) is 0. The summed E-state index contributed by atoms with van der Waals surface area (Å²) in [5, 5.41) is 14.6. The Bertz CT molecular complexity index is 953. The largest absolute Gasteiger partial charge is 0.457 e. The Morgan fingerprint density at radius 3 is 2.63 bits per heavy atom. The molecule has 0 aliphatic rings. The van der Waals surface area contributed by atoms with Crippen LogP contribution in [0.4, 0.5) is 5.69 Å². The number of ether oxygens (including phenoxy) is 1. The molecule has 0 saturated heterocycles. The fraction of sp³-hybridized carbons (Fsp3) is 0.158. The molecular weight excluding hydrogens is 368 g/mol. The normalized spacial score (nSPS) is 10.6. The number of rotatable bonds is 7. The third-order valence-electron chi connectivity index (χ3n) is 3.68. The molecule has 27 heavy (non-hydrogen) atoms. The number of esters is 1. The molecule has 0 aliphatic carbocycles. The number of hydrogen-bond acceptors (Lipinski definition) is 7. The highest BCUT2D eigenvalue weighted by Gasteiger charge is 2.14. The van der Waals surface area contributed by atoms with Crippen LogP contribution >= 0.6 is 11.8 Å². The third kappa shape index (κ3) is 4.95. The highest BCUT2D eigenvalue weighted by atomic mass is 32.2. The van der Waals surface area contributed by atoms with E-state index in [9.17, 15) is 14.9 Å². The number of hydrogen-bond donors (Lipinski definition) is 0. The lowest BCUT2D eigenvalue weighted by molar-refractivity contribution is -0.384. The van der Waals surface area contributed by atoms with Gasteiger partial charge in [0.1, 0.15) is 12.4 Å². The highest BCUT2D eigenvalue weighted by Crippen LogP contribution is 2.27. The average molecular weight is 384 g/mol. The standard InChI is InChI=1S/C19H16N2O5S/c1-13-10-15(20-26-13)12-27-18-5-3-2-4-17(18)19(22)25-11-14-6-8-16(9-7-14)21(23)24/h2-10H,11-12H2,1H3. The second-order valence-electron chi connectivity index (χ2n) is 5.71. The number of nitrogens with zero attached hydrogens (tertiary/aromatic N) is 2. The van der Waals surface area contributed by atoms with Crippen LogP contribution in [-0.4, -0.2) is 16.0 Å². The summed E-state index contributed by atoms with van der Waals surface area (Å²) in [4.78, 5) is 23.4. The van der Waals surface area contributed by atoms with Crippen molar-refractivity contribution in [1.82, 2.24) is 5.16 Å². The number of carbonyl (C=O) groups excluding carboxylic acids is 1. The third-order valence-corrected chi connectivity index (χ3v) is 4.78. The van der Waals surface area contributed by atoms with Crippen molar-refractivity contribution >= 4 is 23.4 Å². The molecule has 8 heteroatoms. The minimum Gasteiger partial charge on any atom is -0.457 e. The number of nitro groups is 1. The Hall–Kier alpha value is -3.13. The van der Waals surface area contributed by atoms with Crippen molar-refractivity contribution in [3.8, 4) is 0 Å². The van der Waals surface area contributed by atoms with Gasteiger partial charge in [-0.15, -0.1) is 11.8 Å². The molecule has 0 saturated carbocycles. The van der Waals surface area contributed by atoms with Gasteiger partial charge in [-0.05, 0) is 36.8 Å². The molecule has 3 aromatic rings. The zero-order chi connectivity index (χ0) is 19.2. The van der Waals surface area contributed by atoms with Crippen LogP contribution in [0.1, 0.15) is 27.4 Å². The second-order valence-corrected chi connectivity index (χ2v) is 6.73. The van der Waals surface area contributed by atoms with E-state index in [0.717, 1.165) is 16.3 Å². The van der Waals surface area contributed by atoms with Gasteiger partial charge in [0, 0.05) is 28.8 Å². The van der Waals surface area contributed by atoms with E-state index in [1.54, 1.807) is 24.3 Å². The van der Waals surface area contributed by atoms with Crippen LogP contribution < -0.4 is 0 Å². The van der Waals surface area contributed by atoms with Crippen molar-refractivity contribution < 1.29 is 19.0 Å². The first-order valence-electron chi connectivity index (χ1n) is 8.07. The van der Waals surface area contributed by atoms with Gasteiger partial charge in [-0.3, -0.25) is 10.1 Å². The second kappa shape index (κ2) is 8.50. The molecule has 0 bridgehead atoms. The number of non-ortho nitro benzene ring substituents is 1. The Morgan fingerprint density at radius 1 is 1.22 bits per heavy atom. The van der Waals surface area contributed by atoms with Gasteiger partial charge in [-0.2, -0.15) is 0 Å². The maximum Gasteiger partial charge on any atom is 0.339 e. The lowest BCUT2D eigenvalue weighted by atomic mass is 10.2. The molecule has 7 nitrogen and oxygen atoms in total. The molecule has 0 spiro atoms. The zero-order valence-electron chi connectivity index (χ0n) is 14.5. The first kappa shape index (κ1) is 18.7. The van der Waals surface area contributed by atoms with Crippen LogP contribution in [0.2, 0.25) is 0 Å². The summed E-state index contributed by atoms with van der Waals surface area (Å²) in [6, 6.07) is 14.9. The molecule has 0 N–H and O–H groups in total. The van der Waals surface area contributed by atoms with E-state index in [-0.39, 0.29) is 12.3 Å². The van der Waals surface area contributed by atoms with Gasteiger partial charge in [-0.25, -0.2) is 4.79 Å². The maximum absolute atomic E-state index is 12.5. The Kier molecular flexibility index (Phi) is 5.87. The van der Waals surface area contributed by atoms with Crippen molar-refractivity contribution in [3.05, 3.63) is 87.3 Å². The molecule has 0 atom stereocenters. The van der Waals surface area contributed by atoms with Crippen molar-refractivity contribution in [3.63, 3.8) is 0 Å². The summed E-state index contributed by atoms with van der Waals surface area (Å²) in [6.07, 6.45) is 0. The quantitative estimate of drug-likeness (QED) is 0.255. The summed E-state index contributed by atoms with van der Waals surface area (Å²) >= 11 is 1.47. The van der Waals surface area contributed by atoms with Crippen molar-refractivity contribution in [1.29, 1.82) is 0 Å². The minimum atomic E-state index is -0.473. The molecule has 0 aliphatic heterocycles. The van der Waals surface area contributed by atoms with Gasteiger partial charge in [0.25, 0.3) is 5.69 Å². The predicted octanol–water partition coefficient (Wildman–Crippen LogP) is 4.54. The van der Waals surface area contributed by atoms with Crippen molar-refractivity contribution in [2.75, 3.05) is 0 Å². The number of thioether (sulfide) groups is 1. The molecule has 0 amide bonds. The first-order chi connectivity index (χ1) is 13.0. The Morgan fingerprint density at radius 2 is 1.96 bits per heavy atom. The summed E-state index contributed by atoms with van der Waals surface area (Å²) in [5.41, 5.74) is 1.93. The number of nitro benzene ring substituents is 1. The molecule has 138 valence electrons. The van der Waals surface area contributed by atoms with E-state index >= 15 is 0 Å². The highest BCUT2D eigenvalue weighted by molar-refractivity contribution is 7.98. The Balaban J connectivity index is 1.63. The topological polar surface area (TPSA) is 95.5 Å². The number of aryl methyl sites for hydroxylation is 1. The number of carbonyl (C=O) groups is 1. The molecule has 2 aromatic carbocycles. The van der Waals surface area contributed by atoms with Crippen molar-refractivity contribution in [2.45, 2.75) is 24.2 Å². The fourth-order valence-electron chi connectivity index (χ4n) is 2.34. The van der Waals surface area contributed by atoms with Gasteiger partial charge in [-0.1, -0.05) is 17.3 Å². The molecule has 1 heterocycles. The van der Waals surface area contributed by atoms with Gasteiger partial charge in [0.15, 0.2) is 0 Å². The maximum atomic E-state index is 12.5. The van der Waals surface area contributed by atoms with Crippen LogP contribution in [0, 0.1) is 17.0 Å². The lowest BCUT2D eigenvalue weighted by Crippen LogP contribution is -2.06. The molecule has 0 unspecified atom stereocenters. The Labute approximate surface area is 159 Å². The van der Waals surface area contributed by atoms with E-state index in [4.69, 9.17) is 9.26 Å². The number of benzene rings is 2. The predicted molar refractivity (Wildman–Crippen MR) is 99.5 cm³/mol. The van der Waals surface area contributed by atoms with E-state index in [1.807, 2.05) is 25.1 Å². The summed E-state index contributed by atoms with van der Waals surface area (Å²) < 4.78 is 10.4. The van der Waals surface area contributed by atoms with Crippen LogP contribution in [0.15, 0.2) is 64.0 Å². The molecular formula is C19H16N2O5S. The number of aromatic nitrogens is 1. The van der Waals surface area contributed by atoms with Gasteiger partial charge in [0.2, 0.25) is 0 Å². The first-order valence-corrected chi connectivity index (χ1v) is 9.06. The molecule has 1 aromatic heterocycles. The SMILES string of the molecule is Cc1cc(CSc2ccccc2C(=O)OCc2ccc([N+](=O)[O-])cc2)no1. The molecule has 3 rings (SSSR count). The van der Waals surface area contributed by atoms with E-state index < -0.39 is 10.9 Å². The van der Waals surface area contributed by atoms with E-state index in [0.29, 0.717) is 16.9 Å². The molecule has 0 fully saturated rings. The van der Waals surface area contributed by atoms with Crippen LogP contribution in [-0.2, 0) is 17.1 Å². The van der Waals surface area contributed by atoms with Gasteiger partial charge >= 0.3 is 5.97 Å². The average Bonchev–Trinajstić information content (AvgIpc) is 3.10. The van der Waals surface area contributed by atoms with E-state index in [2.05, 4.69) is 5.16 Å². The van der Waals surface area contributed by atoms with Gasteiger partial charge in [0.05, 0.1) is 16.2 Å². The van der Waals surface area contributed by atoms with Crippen LogP contribution in [0.3, 0.4) is 0 Å². The van der Waals surface area contributed by atoms with Crippen LogP contribution in [0.25, 0.3) is 0 Å². The minimum absolute atomic E-state index is 0.00471. The monoisotopic (exact) mass is 384 g/mol. The summed E-state index contributed by atoms with van der Waals surface area (Å²) in [6.45, 7) is 1.86.